The molecule has 0 amide bonds. The molecule has 20 heavy (non-hydrogen) atoms. The summed E-state index contributed by atoms with van der Waals surface area (Å²) in [6.07, 6.45) is 1.79. The Hall–Kier alpha value is -1.34. The minimum Gasteiger partial charge on any atom is -0.304 e. The van der Waals surface area contributed by atoms with Crippen LogP contribution in [-0.4, -0.2) is 37.2 Å². The number of piperazine rings is 1. The van der Waals surface area contributed by atoms with Gasteiger partial charge in [-0.2, -0.15) is 4.31 Å². The molecule has 2 aromatic rings. The van der Waals surface area contributed by atoms with E-state index in [1.165, 1.54) is 0 Å². The first kappa shape index (κ1) is 13.6. The number of hydrogen-bond acceptors (Lipinski definition) is 3. The molecule has 1 unspecified atom stereocenters. The Morgan fingerprint density at radius 1 is 1.35 bits per heavy atom. The number of rotatable bonds is 2. The van der Waals surface area contributed by atoms with Crippen LogP contribution in [0.3, 0.4) is 0 Å². The SMILES string of the molecule is C[C@H]1CN(S(=O)O)C[C@@H](c2nccc3ccccc23)N1. The number of nitrogens with zero attached hydrogens (tertiary/aromatic N) is 2. The zero-order valence-electron chi connectivity index (χ0n) is 11.2. The molecule has 0 saturated carbocycles. The highest BCUT2D eigenvalue weighted by molar-refractivity contribution is 7.76. The summed E-state index contributed by atoms with van der Waals surface area (Å²) >= 11 is -1.94. The van der Waals surface area contributed by atoms with Gasteiger partial charge in [0.05, 0.1) is 11.7 Å². The molecular formula is C14H17N3O2S. The Labute approximate surface area is 120 Å². The molecule has 2 N–H and O–H groups in total. The quantitative estimate of drug-likeness (QED) is 0.827. The Morgan fingerprint density at radius 3 is 2.95 bits per heavy atom. The van der Waals surface area contributed by atoms with Crippen LogP contribution in [0.1, 0.15) is 18.7 Å². The third-order valence-electron chi connectivity index (χ3n) is 3.60. The zero-order chi connectivity index (χ0) is 14.1. The lowest BCUT2D eigenvalue weighted by Gasteiger charge is -2.35. The molecule has 2 heterocycles. The second kappa shape index (κ2) is 5.57. The molecule has 106 valence electrons. The fraction of sp³-hybridized carbons (Fsp3) is 0.357. The molecular weight excluding hydrogens is 274 g/mol. The van der Waals surface area contributed by atoms with E-state index in [-0.39, 0.29) is 12.1 Å². The molecule has 1 aliphatic heterocycles. The Morgan fingerprint density at radius 2 is 2.15 bits per heavy atom. The fourth-order valence-electron chi connectivity index (χ4n) is 2.75. The van der Waals surface area contributed by atoms with Crippen LogP contribution < -0.4 is 5.32 Å². The third-order valence-corrected chi connectivity index (χ3v) is 4.34. The lowest BCUT2D eigenvalue weighted by molar-refractivity contribution is 0.249. The van der Waals surface area contributed by atoms with Crippen molar-refractivity contribution in [2.24, 2.45) is 0 Å². The average molecular weight is 291 g/mol. The molecule has 3 atom stereocenters. The summed E-state index contributed by atoms with van der Waals surface area (Å²) in [6.45, 7) is 3.05. The maximum Gasteiger partial charge on any atom is 0.234 e. The van der Waals surface area contributed by atoms with Crippen LogP contribution in [0.15, 0.2) is 36.5 Å². The predicted molar refractivity (Wildman–Crippen MR) is 79.4 cm³/mol. The zero-order valence-corrected chi connectivity index (χ0v) is 12.0. The highest BCUT2D eigenvalue weighted by atomic mass is 32.2. The highest BCUT2D eigenvalue weighted by Gasteiger charge is 2.29. The van der Waals surface area contributed by atoms with Gasteiger partial charge in [0.25, 0.3) is 0 Å². The normalized spacial score (nSPS) is 25.7. The topological polar surface area (TPSA) is 65.5 Å². The molecule has 0 spiro atoms. The summed E-state index contributed by atoms with van der Waals surface area (Å²) in [4.78, 5) is 4.49. The molecule has 6 heteroatoms. The van der Waals surface area contributed by atoms with Crippen molar-refractivity contribution in [3.63, 3.8) is 0 Å². The number of fused-ring (bicyclic) bond motifs is 1. The van der Waals surface area contributed by atoms with Gasteiger partial charge in [-0.15, -0.1) is 0 Å². The van der Waals surface area contributed by atoms with Gasteiger partial charge >= 0.3 is 0 Å². The van der Waals surface area contributed by atoms with Crippen molar-refractivity contribution in [1.29, 1.82) is 0 Å². The van der Waals surface area contributed by atoms with Gasteiger partial charge in [0.1, 0.15) is 0 Å². The summed E-state index contributed by atoms with van der Waals surface area (Å²) in [5.41, 5.74) is 0.935. The molecule has 1 aliphatic rings. The summed E-state index contributed by atoms with van der Waals surface area (Å²) in [6, 6.07) is 10.2. The number of aromatic nitrogens is 1. The lowest BCUT2D eigenvalue weighted by atomic mass is 10.0. The Kier molecular flexibility index (Phi) is 3.80. The molecule has 0 aliphatic carbocycles. The van der Waals surface area contributed by atoms with Crippen LogP contribution in [0.5, 0.6) is 0 Å². The fourth-order valence-corrected chi connectivity index (χ4v) is 3.37. The van der Waals surface area contributed by atoms with Crippen molar-refractivity contribution in [3.05, 3.63) is 42.2 Å². The van der Waals surface area contributed by atoms with Crippen molar-refractivity contribution in [1.82, 2.24) is 14.6 Å². The maximum atomic E-state index is 11.3. The highest BCUT2D eigenvalue weighted by Crippen LogP contribution is 2.25. The summed E-state index contributed by atoms with van der Waals surface area (Å²) in [7, 11) is 0. The number of hydrogen-bond donors (Lipinski definition) is 2. The molecule has 1 saturated heterocycles. The van der Waals surface area contributed by atoms with E-state index in [2.05, 4.69) is 16.4 Å². The van der Waals surface area contributed by atoms with Crippen LogP contribution in [-0.2, 0) is 11.3 Å². The molecule has 1 fully saturated rings. The largest absolute Gasteiger partial charge is 0.304 e. The van der Waals surface area contributed by atoms with Crippen molar-refractivity contribution in [2.75, 3.05) is 13.1 Å². The Bertz CT molecular complexity index is 644. The molecule has 0 bridgehead atoms. The summed E-state index contributed by atoms with van der Waals surface area (Å²) in [5.74, 6) is 0. The van der Waals surface area contributed by atoms with E-state index in [4.69, 9.17) is 0 Å². The van der Waals surface area contributed by atoms with E-state index >= 15 is 0 Å². The molecule has 1 aromatic carbocycles. The van der Waals surface area contributed by atoms with Crippen molar-refractivity contribution in [2.45, 2.75) is 19.0 Å². The van der Waals surface area contributed by atoms with E-state index < -0.39 is 11.3 Å². The first-order valence-electron chi connectivity index (χ1n) is 6.61. The van der Waals surface area contributed by atoms with Crippen molar-refractivity contribution < 1.29 is 8.76 Å². The van der Waals surface area contributed by atoms with Gasteiger partial charge in [0.15, 0.2) is 0 Å². The van der Waals surface area contributed by atoms with Gasteiger partial charge in [-0.1, -0.05) is 24.3 Å². The van der Waals surface area contributed by atoms with E-state index in [1.807, 2.05) is 31.2 Å². The van der Waals surface area contributed by atoms with E-state index in [0.717, 1.165) is 16.5 Å². The van der Waals surface area contributed by atoms with Crippen LogP contribution in [0.2, 0.25) is 0 Å². The van der Waals surface area contributed by atoms with Crippen molar-refractivity contribution >= 4 is 22.0 Å². The Balaban J connectivity index is 1.99. The van der Waals surface area contributed by atoms with Gasteiger partial charge in [0, 0.05) is 30.7 Å². The number of pyridine rings is 1. The smallest absolute Gasteiger partial charge is 0.234 e. The predicted octanol–water partition coefficient (Wildman–Crippen LogP) is 1.71. The standard InChI is InChI=1S/C14H17N3O2S/c1-10-8-17(20(18)19)9-13(16-10)14-12-5-3-2-4-11(12)6-7-15-14/h2-7,10,13,16H,8-9H2,1H3,(H,18,19)/t10-,13-/m0/s1. The van der Waals surface area contributed by atoms with Crippen LogP contribution in [0.25, 0.3) is 10.8 Å². The molecule has 5 nitrogen and oxygen atoms in total. The molecule has 3 rings (SSSR count). The van der Waals surface area contributed by atoms with Gasteiger partial charge in [-0.05, 0) is 18.4 Å². The van der Waals surface area contributed by atoms with E-state index in [0.29, 0.717) is 13.1 Å². The minimum absolute atomic E-state index is 0.0408. The van der Waals surface area contributed by atoms with Crippen LogP contribution in [0, 0.1) is 0 Å². The monoisotopic (exact) mass is 291 g/mol. The maximum absolute atomic E-state index is 11.3. The minimum atomic E-state index is -1.94. The van der Waals surface area contributed by atoms with E-state index in [9.17, 15) is 8.76 Å². The molecule has 0 radical (unpaired) electrons. The van der Waals surface area contributed by atoms with Gasteiger partial charge in [-0.3, -0.25) is 9.54 Å². The van der Waals surface area contributed by atoms with Crippen LogP contribution in [0.4, 0.5) is 0 Å². The average Bonchev–Trinajstić information content (AvgIpc) is 2.46. The van der Waals surface area contributed by atoms with Crippen LogP contribution >= 0.6 is 0 Å². The third kappa shape index (κ3) is 2.60. The van der Waals surface area contributed by atoms with E-state index in [1.54, 1.807) is 10.5 Å². The number of benzene rings is 1. The summed E-state index contributed by atoms with van der Waals surface area (Å²) < 4.78 is 22.2. The van der Waals surface area contributed by atoms with Gasteiger partial charge in [-0.25, -0.2) is 4.21 Å². The van der Waals surface area contributed by atoms with Gasteiger partial charge in [0.2, 0.25) is 11.3 Å². The summed E-state index contributed by atoms with van der Waals surface area (Å²) in [5, 5.41) is 5.68. The lowest BCUT2D eigenvalue weighted by Crippen LogP contribution is -2.51. The number of nitrogens with one attached hydrogen (secondary N) is 1. The van der Waals surface area contributed by atoms with Crippen molar-refractivity contribution in [3.8, 4) is 0 Å². The first-order valence-corrected chi connectivity index (χ1v) is 7.67. The second-order valence-electron chi connectivity index (χ2n) is 5.12. The van der Waals surface area contributed by atoms with Gasteiger partial charge < -0.3 is 5.32 Å². The molecule has 1 aromatic heterocycles. The first-order chi connectivity index (χ1) is 9.65. The second-order valence-corrected chi connectivity index (χ2v) is 6.09.